The zero-order chi connectivity index (χ0) is 16.8. The van der Waals surface area contributed by atoms with E-state index >= 15 is 0 Å². The van der Waals surface area contributed by atoms with Gasteiger partial charge in [-0.2, -0.15) is 0 Å². The highest BCUT2D eigenvalue weighted by Gasteiger charge is 2.04. The number of aryl methyl sites for hydroxylation is 2. The van der Waals surface area contributed by atoms with Crippen molar-refractivity contribution in [1.82, 2.24) is 0 Å². The van der Waals surface area contributed by atoms with E-state index in [0.717, 1.165) is 22.7 Å². The van der Waals surface area contributed by atoms with Crippen molar-refractivity contribution < 1.29 is 9.53 Å². The number of carbonyl (C=O) groups is 1. The van der Waals surface area contributed by atoms with Crippen LogP contribution in [0.3, 0.4) is 0 Å². The Hall–Kier alpha value is -2.49. The Kier molecular flexibility index (Phi) is 5.63. The number of rotatable bonds is 6. The number of anilines is 2. The summed E-state index contributed by atoms with van der Waals surface area (Å²) in [5.74, 6) is 0.751. The molecule has 2 aromatic carbocycles. The molecule has 4 nitrogen and oxygen atoms in total. The predicted molar refractivity (Wildman–Crippen MR) is 95.2 cm³/mol. The van der Waals surface area contributed by atoms with E-state index in [1.807, 2.05) is 63.2 Å². The maximum atomic E-state index is 12.0. The molecule has 2 aromatic rings. The van der Waals surface area contributed by atoms with Gasteiger partial charge in [0.15, 0.2) is 0 Å². The van der Waals surface area contributed by atoms with Crippen molar-refractivity contribution in [2.45, 2.75) is 33.8 Å². The summed E-state index contributed by atoms with van der Waals surface area (Å²) in [6.45, 7) is 8.28. The van der Waals surface area contributed by atoms with E-state index in [2.05, 4.69) is 17.6 Å². The number of carbonyl (C=O) groups excluding carboxylic acids is 1. The summed E-state index contributed by atoms with van der Waals surface area (Å²) in [5, 5.41) is 6.00. The van der Waals surface area contributed by atoms with Crippen molar-refractivity contribution in [1.29, 1.82) is 0 Å². The molecule has 0 saturated heterocycles. The molecule has 0 aliphatic rings. The van der Waals surface area contributed by atoms with Gasteiger partial charge in [0.25, 0.3) is 0 Å². The number of hydrogen-bond donors (Lipinski definition) is 2. The van der Waals surface area contributed by atoms with E-state index < -0.39 is 0 Å². The molecule has 0 bridgehead atoms. The molecule has 0 aliphatic carbocycles. The summed E-state index contributed by atoms with van der Waals surface area (Å²) in [7, 11) is 0. The van der Waals surface area contributed by atoms with Gasteiger partial charge >= 0.3 is 0 Å². The first-order valence-electron chi connectivity index (χ1n) is 7.82. The van der Waals surface area contributed by atoms with Gasteiger partial charge in [-0.15, -0.1) is 0 Å². The van der Waals surface area contributed by atoms with Gasteiger partial charge in [0.2, 0.25) is 5.91 Å². The lowest BCUT2D eigenvalue weighted by atomic mass is 10.1. The third-order valence-electron chi connectivity index (χ3n) is 3.47. The molecular weight excluding hydrogens is 288 g/mol. The van der Waals surface area contributed by atoms with Crippen LogP contribution < -0.4 is 15.4 Å². The summed E-state index contributed by atoms with van der Waals surface area (Å²) in [4.78, 5) is 12.0. The third kappa shape index (κ3) is 5.33. The van der Waals surface area contributed by atoms with E-state index in [9.17, 15) is 4.79 Å². The molecule has 122 valence electrons. The van der Waals surface area contributed by atoms with Crippen molar-refractivity contribution in [3.8, 4) is 5.75 Å². The van der Waals surface area contributed by atoms with Crippen molar-refractivity contribution >= 4 is 17.3 Å². The summed E-state index contributed by atoms with van der Waals surface area (Å²) in [6.07, 6.45) is 0.151. The van der Waals surface area contributed by atoms with Crippen LogP contribution in [0.5, 0.6) is 5.75 Å². The van der Waals surface area contributed by atoms with Gasteiger partial charge < -0.3 is 15.4 Å². The molecule has 2 rings (SSSR count). The van der Waals surface area contributed by atoms with Crippen LogP contribution in [0.2, 0.25) is 0 Å². The molecule has 0 saturated carbocycles. The zero-order valence-electron chi connectivity index (χ0n) is 14.1. The minimum Gasteiger partial charge on any atom is -0.491 e. The molecule has 1 amide bonds. The van der Waals surface area contributed by atoms with Crippen LogP contribution in [0, 0.1) is 13.8 Å². The van der Waals surface area contributed by atoms with Crippen LogP contribution in [0.1, 0.15) is 25.0 Å². The lowest BCUT2D eigenvalue weighted by Crippen LogP contribution is -2.21. The maximum absolute atomic E-state index is 12.0. The second-order valence-electron chi connectivity index (χ2n) is 5.89. The molecule has 23 heavy (non-hydrogen) atoms. The molecule has 0 unspecified atom stereocenters. The Morgan fingerprint density at radius 1 is 1.00 bits per heavy atom. The average molecular weight is 312 g/mol. The first-order chi connectivity index (χ1) is 10.9. The van der Waals surface area contributed by atoms with E-state index in [0.29, 0.717) is 0 Å². The van der Waals surface area contributed by atoms with Crippen molar-refractivity contribution in [2.75, 3.05) is 17.2 Å². The number of ether oxygens (including phenoxy) is 1. The minimum absolute atomic E-state index is 0.0734. The Morgan fingerprint density at radius 2 is 1.65 bits per heavy atom. The number of nitrogens with one attached hydrogen (secondary N) is 2. The standard InChI is InChI=1S/C19H24N2O2/c1-13(2)23-18-9-7-16(8-10-18)20-12-19(22)21-17-6-5-14(3)15(4)11-17/h5-11,13,20H,12H2,1-4H3,(H,21,22). The zero-order valence-corrected chi connectivity index (χ0v) is 14.1. The number of benzene rings is 2. The van der Waals surface area contributed by atoms with Gasteiger partial charge in [0, 0.05) is 11.4 Å². The van der Waals surface area contributed by atoms with Gasteiger partial charge in [-0.05, 0) is 75.2 Å². The van der Waals surface area contributed by atoms with Crippen LogP contribution >= 0.6 is 0 Å². The highest BCUT2D eigenvalue weighted by molar-refractivity contribution is 5.93. The molecule has 0 fully saturated rings. The van der Waals surface area contributed by atoms with Crippen LogP contribution in [0.4, 0.5) is 11.4 Å². The lowest BCUT2D eigenvalue weighted by Gasteiger charge is -2.11. The minimum atomic E-state index is -0.0734. The fraction of sp³-hybridized carbons (Fsp3) is 0.316. The summed E-state index contributed by atoms with van der Waals surface area (Å²) in [5.41, 5.74) is 4.08. The van der Waals surface area contributed by atoms with Gasteiger partial charge in [0.1, 0.15) is 5.75 Å². The number of amides is 1. The summed E-state index contributed by atoms with van der Waals surface area (Å²) in [6, 6.07) is 13.5. The smallest absolute Gasteiger partial charge is 0.243 e. The largest absolute Gasteiger partial charge is 0.491 e. The molecule has 4 heteroatoms. The molecule has 0 atom stereocenters. The van der Waals surface area contributed by atoms with E-state index in [1.54, 1.807) is 0 Å². The molecule has 2 N–H and O–H groups in total. The summed E-state index contributed by atoms with van der Waals surface area (Å²) >= 11 is 0. The average Bonchev–Trinajstić information content (AvgIpc) is 2.50. The van der Waals surface area contributed by atoms with Crippen LogP contribution in [-0.2, 0) is 4.79 Å². The fourth-order valence-electron chi connectivity index (χ4n) is 2.13. The maximum Gasteiger partial charge on any atom is 0.243 e. The Balaban J connectivity index is 1.85. The lowest BCUT2D eigenvalue weighted by molar-refractivity contribution is -0.114. The van der Waals surface area contributed by atoms with Gasteiger partial charge in [-0.3, -0.25) is 4.79 Å². The molecule has 0 aliphatic heterocycles. The SMILES string of the molecule is Cc1ccc(NC(=O)CNc2ccc(OC(C)C)cc2)cc1C. The van der Waals surface area contributed by atoms with E-state index in [1.165, 1.54) is 5.56 Å². The quantitative estimate of drug-likeness (QED) is 0.843. The topological polar surface area (TPSA) is 50.4 Å². The second-order valence-corrected chi connectivity index (χ2v) is 5.89. The van der Waals surface area contributed by atoms with Crippen molar-refractivity contribution in [3.05, 3.63) is 53.6 Å². The first kappa shape index (κ1) is 16.9. The Bertz CT molecular complexity index is 664. The van der Waals surface area contributed by atoms with E-state index in [-0.39, 0.29) is 18.6 Å². The molecule has 0 heterocycles. The number of hydrogen-bond acceptors (Lipinski definition) is 3. The monoisotopic (exact) mass is 312 g/mol. The fourth-order valence-corrected chi connectivity index (χ4v) is 2.13. The molecule has 0 radical (unpaired) electrons. The van der Waals surface area contributed by atoms with Gasteiger partial charge in [0.05, 0.1) is 12.6 Å². The molecule has 0 spiro atoms. The third-order valence-corrected chi connectivity index (χ3v) is 3.47. The van der Waals surface area contributed by atoms with Crippen LogP contribution in [0.15, 0.2) is 42.5 Å². The highest BCUT2D eigenvalue weighted by atomic mass is 16.5. The predicted octanol–water partition coefficient (Wildman–Crippen LogP) is 4.14. The van der Waals surface area contributed by atoms with E-state index in [4.69, 9.17) is 4.74 Å². The molecular formula is C19H24N2O2. The van der Waals surface area contributed by atoms with Crippen molar-refractivity contribution in [2.24, 2.45) is 0 Å². The van der Waals surface area contributed by atoms with Crippen molar-refractivity contribution in [3.63, 3.8) is 0 Å². The Morgan fingerprint density at radius 3 is 2.26 bits per heavy atom. The molecule has 0 aromatic heterocycles. The summed E-state index contributed by atoms with van der Waals surface area (Å²) < 4.78 is 5.59. The van der Waals surface area contributed by atoms with Gasteiger partial charge in [-0.25, -0.2) is 0 Å². The Labute approximate surface area is 137 Å². The second kappa shape index (κ2) is 7.68. The highest BCUT2D eigenvalue weighted by Crippen LogP contribution is 2.17. The van der Waals surface area contributed by atoms with Crippen LogP contribution in [0.25, 0.3) is 0 Å². The first-order valence-corrected chi connectivity index (χ1v) is 7.82. The van der Waals surface area contributed by atoms with Gasteiger partial charge in [-0.1, -0.05) is 6.07 Å². The normalized spacial score (nSPS) is 10.5. The van der Waals surface area contributed by atoms with Crippen LogP contribution in [-0.4, -0.2) is 18.6 Å².